The summed E-state index contributed by atoms with van der Waals surface area (Å²) in [5.41, 5.74) is 1.05. The predicted octanol–water partition coefficient (Wildman–Crippen LogP) is 4.37. The Kier molecular flexibility index (Phi) is 7.52. The van der Waals surface area contributed by atoms with Gasteiger partial charge in [0.15, 0.2) is 0 Å². The minimum absolute atomic E-state index is 0.0178. The van der Waals surface area contributed by atoms with Crippen LogP contribution in [0.15, 0.2) is 41.3 Å². The molecule has 4 unspecified atom stereocenters. The number of carbonyl (C=O) groups excluding carboxylic acids is 1. The fraction of sp³-hybridized carbons (Fsp3) is 0.609. The smallest absolute Gasteiger partial charge is 0.305 e. The maximum atomic E-state index is 12.9. The molecule has 5 nitrogen and oxygen atoms in total. The average molecular weight is 420 g/mol. The summed E-state index contributed by atoms with van der Waals surface area (Å²) in [5.74, 6) is 1.27. The average Bonchev–Trinajstić information content (AvgIpc) is 3.27. The Morgan fingerprint density at radius 1 is 1.17 bits per heavy atom. The molecule has 3 rings (SSSR count). The lowest BCUT2D eigenvalue weighted by molar-refractivity contribution is -0.143. The summed E-state index contributed by atoms with van der Waals surface area (Å²) in [7, 11) is -3.50. The van der Waals surface area contributed by atoms with Gasteiger partial charge in [0.2, 0.25) is 10.0 Å². The summed E-state index contributed by atoms with van der Waals surface area (Å²) in [6.07, 6.45) is 10.7. The Bertz CT molecular complexity index is 816. The van der Waals surface area contributed by atoms with Crippen molar-refractivity contribution < 1.29 is 17.9 Å². The van der Waals surface area contributed by atoms with Crippen molar-refractivity contribution in [3.8, 4) is 0 Å². The van der Waals surface area contributed by atoms with E-state index < -0.39 is 10.0 Å². The third-order valence-corrected chi connectivity index (χ3v) is 7.82. The van der Waals surface area contributed by atoms with E-state index >= 15 is 0 Å². The van der Waals surface area contributed by atoms with Crippen molar-refractivity contribution >= 4 is 16.0 Å². The van der Waals surface area contributed by atoms with Crippen LogP contribution in [0.1, 0.15) is 57.4 Å². The molecule has 2 aliphatic rings. The molecule has 0 amide bonds. The zero-order chi connectivity index (χ0) is 20.9. The minimum Gasteiger partial charge on any atom is -0.466 e. The molecule has 0 radical (unpaired) electrons. The molecule has 1 N–H and O–H groups in total. The number of sulfonamides is 1. The molecule has 1 aromatic carbocycles. The topological polar surface area (TPSA) is 72.5 Å². The highest BCUT2D eigenvalue weighted by Crippen LogP contribution is 2.50. The predicted molar refractivity (Wildman–Crippen MR) is 114 cm³/mol. The van der Waals surface area contributed by atoms with Crippen molar-refractivity contribution in [2.45, 2.75) is 69.7 Å². The van der Waals surface area contributed by atoms with Crippen LogP contribution in [0.5, 0.6) is 0 Å². The van der Waals surface area contributed by atoms with E-state index in [-0.39, 0.29) is 12.0 Å². The van der Waals surface area contributed by atoms with E-state index in [1.54, 1.807) is 12.1 Å². The lowest BCUT2D eigenvalue weighted by atomic mass is 9.83. The van der Waals surface area contributed by atoms with Crippen molar-refractivity contribution in [1.29, 1.82) is 0 Å². The Balaban J connectivity index is 1.55. The van der Waals surface area contributed by atoms with Gasteiger partial charge in [-0.05, 0) is 82.3 Å². The number of nitrogens with one attached hydrogen (secondary N) is 1. The van der Waals surface area contributed by atoms with E-state index in [1.165, 1.54) is 6.42 Å². The maximum Gasteiger partial charge on any atom is 0.305 e. The van der Waals surface area contributed by atoms with Crippen LogP contribution in [0.25, 0.3) is 0 Å². The van der Waals surface area contributed by atoms with Gasteiger partial charge in [0.1, 0.15) is 0 Å². The van der Waals surface area contributed by atoms with Crippen LogP contribution in [0.4, 0.5) is 0 Å². The first-order valence-corrected chi connectivity index (χ1v) is 12.3. The lowest BCUT2D eigenvalue weighted by Gasteiger charge is -2.31. The number of rotatable bonds is 10. The highest BCUT2D eigenvalue weighted by molar-refractivity contribution is 7.89. The molecule has 2 fully saturated rings. The molecule has 6 heteroatoms. The second-order valence-electron chi connectivity index (χ2n) is 8.36. The first-order valence-electron chi connectivity index (χ1n) is 10.8. The standard InChI is InChI=1S/C23H33NO4S/c1-3-28-22(25)9-7-5-4-6-8-21-18-12-13-19(16-18)23(21)24-29(26,27)20-14-10-17(2)11-15-20/h4,6,10-11,14-15,18-19,21,23-24H,3,5,7-9,12-13,16H2,1-2H3/b6-4-. The summed E-state index contributed by atoms with van der Waals surface area (Å²) in [6.45, 7) is 4.20. The fourth-order valence-corrected chi connectivity index (χ4v) is 6.22. The van der Waals surface area contributed by atoms with Gasteiger partial charge < -0.3 is 4.74 Å². The van der Waals surface area contributed by atoms with E-state index in [1.807, 2.05) is 26.0 Å². The molecule has 1 aromatic rings. The van der Waals surface area contributed by atoms with Gasteiger partial charge in [-0.1, -0.05) is 29.8 Å². The van der Waals surface area contributed by atoms with Crippen LogP contribution in [0, 0.1) is 24.7 Å². The number of hydrogen-bond acceptors (Lipinski definition) is 4. The number of hydrogen-bond donors (Lipinski definition) is 1. The Morgan fingerprint density at radius 3 is 2.62 bits per heavy atom. The summed E-state index contributed by atoms with van der Waals surface area (Å²) in [5, 5.41) is 0. The fourth-order valence-electron chi connectivity index (χ4n) is 4.87. The van der Waals surface area contributed by atoms with Crippen molar-refractivity contribution in [3.63, 3.8) is 0 Å². The van der Waals surface area contributed by atoms with Crippen molar-refractivity contribution in [1.82, 2.24) is 4.72 Å². The molecule has 2 bridgehead atoms. The van der Waals surface area contributed by atoms with Gasteiger partial charge in [-0.15, -0.1) is 0 Å². The summed E-state index contributed by atoms with van der Waals surface area (Å²) in [6, 6.07) is 7.06. The zero-order valence-corrected chi connectivity index (χ0v) is 18.3. The van der Waals surface area contributed by atoms with E-state index in [0.29, 0.717) is 35.7 Å². The SMILES string of the molecule is CCOC(=O)CCC/C=C\CC1C2CCC(C2)C1NS(=O)(=O)c1ccc(C)cc1. The van der Waals surface area contributed by atoms with E-state index in [9.17, 15) is 13.2 Å². The third-order valence-electron chi connectivity index (χ3n) is 6.34. The molecule has 0 aliphatic heterocycles. The number of fused-ring (bicyclic) bond motifs is 2. The van der Waals surface area contributed by atoms with E-state index in [2.05, 4.69) is 16.9 Å². The minimum atomic E-state index is -3.50. The van der Waals surface area contributed by atoms with Gasteiger partial charge in [-0.3, -0.25) is 4.79 Å². The van der Waals surface area contributed by atoms with Gasteiger partial charge >= 0.3 is 5.97 Å². The molecular weight excluding hydrogens is 386 g/mol. The Morgan fingerprint density at radius 2 is 1.90 bits per heavy atom. The van der Waals surface area contributed by atoms with Crippen LogP contribution < -0.4 is 4.72 Å². The van der Waals surface area contributed by atoms with Crippen molar-refractivity contribution in [3.05, 3.63) is 42.0 Å². The van der Waals surface area contributed by atoms with Gasteiger partial charge in [-0.25, -0.2) is 13.1 Å². The second-order valence-corrected chi connectivity index (χ2v) is 10.1. The normalized spacial score (nSPS) is 26.3. The number of benzene rings is 1. The Hall–Kier alpha value is -1.66. The molecular formula is C23H33NO4S. The molecule has 2 saturated carbocycles. The van der Waals surface area contributed by atoms with E-state index in [0.717, 1.165) is 37.7 Å². The van der Waals surface area contributed by atoms with Crippen molar-refractivity contribution in [2.24, 2.45) is 17.8 Å². The monoisotopic (exact) mass is 419 g/mol. The lowest BCUT2D eigenvalue weighted by Crippen LogP contribution is -2.43. The summed E-state index contributed by atoms with van der Waals surface area (Å²) >= 11 is 0. The zero-order valence-electron chi connectivity index (χ0n) is 17.5. The van der Waals surface area contributed by atoms with Gasteiger partial charge in [0.25, 0.3) is 0 Å². The third kappa shape index (κ3) is 5.70. The van der Waals surface area contributed by atoms with Gasteiger partial charge in [0, 0.05) is 12.5 Å². The molecule has 0 spiro atoms. The van der Waals surface area contributed by atoms with Crippen LogP contribution in [-0.4, -0.2) is 27.0 Å². The van der Waals surface area contributed by atoms with Crippen LogP contribution in [0.2, 0.25) is 0 Å². The van der Waals surface area contributed by atoms with Crippen LogP contribution in [0.3, 0.4) is 0 Å². The second kappa shape index (κ2) is 9.90. The quantitative estimate of drug-likeness (QED) is 0.347. The summed E-state index contributed by atoms with van der Waals surface area (Å²) in [4.78, 5) is 11.7. The first kappa shape index (κ1) is 22.0. The molecule has 160 valence electrons. The van der Waals surface area contributed by atoms with E-state index in [4.69, 9.17) is 4.74 Å². The summed E-state index contributed by atoms with van der Waals surface area (Å²) < 4.78 is 33.7. The maximum absolute atomic E-state index is 12.9. The number of aryl methyl sites for hydroxylation is 1. The largest absolute Gasteiger partial charge is 0.466 e. The molecule has 0 aromatic heterocycles. The molecule has 2 aliphatic carbocycles. The van der Waals surface area contributed by atoms with Crippen LogP contribution >= 0.6 is 0 Å². The number of carbonyl (C=O) groups is 1. The Labute approximate surface area is 175 Å². The number of allylic oxidation sites excluding steroid dienone is 2. The highest BCUT2D eigenvalue weighted by Gasteiger charge is 2.48. The molecule has 0 heterocycles. The van der Waals surface area contributed by atoms with Crippen LogP contribution in [-0.2, 0) is 19.6 Å². The number of unbranched alkanes of at least 4 members (excludes halogenated alkanes) is 1. The van der Waals surface area contributed by atoms with Gasteiger partial charge in [0.05, 0.1) is 11.5 Å². The molecule has 4 atom stereocenters. The van der Waals surface area contributed by atoms with Gasteiger partial charge in [-0.2, -0.15) is 0 Å². The van der Waals surface area contributed by atoms with Crippen molar-refractivity contribution in [2.75, 3.05) is 6.61 Å². The number of ether oxygens (including phenoxy) is 1. The highest BCUT2D eigenvalue weighted by atomic mass is 32.2. The number of esters is 1. The molecule has 0 saturated heterocycles. The molecule has 29 heavy (non-hydrogen) atoms. The first-order chi connectivity index (χ1) is 13.9.